The average molecular weight is 262 g/mol. The zero-order valence-electron chi connectivity index (χ0n) is 12.4. The van der Waals surface area contributed by atoms with Crippen molar-refractivity contribution >= 4 is 5.82 Å². The van der Waals surface area contributed by atoms with Crippen molar-refractivity contribution in [1.82, 2.24) is 14.9 Å². The highest BCUT2D eigenvalue weighted by Gasteiger charge is 2.16. The minimum Gasteiger partial charge on any atom is -0.368 e. The summed E-state index contributed by atoms with van der Waals surface area (Å²) in [4.78, 5) is 11.2. The van der Waals surface area contributed by atoms with Gasteiger partial charge in [0.1, 0.15) is 12.1 Å². The Balaban J connectivity index is 1.85. The molecule has 0 bridgehead atoms. The Morgan fingerprint density at radius 2 is 1.89 bits per heavy atom. The number of rotatable bonds is 5. The van der Waals surface area contributed by atoms with E-state index in [1.807, 2.05) is 0 Å². The second kappa shape index (κ2) is 6.85. The Hall–Kier alpha value is -1.16. The van der Waals surface area contributed by atoms with Crippen LogP contribution in [0.1, 0.15) is 51.6 Å². The number of likely N-dealkylation sites (tertiary alicyclic amines) is 1. The van der Waals surface area contributed by atoms with Gasteiger partial charge in [-0.3, -0.25) is 4.90 Å². The van der Waals surface area contributed by atoms with Crippen LogP contribution in [0, 0.1) is 0 Å². The lowest BCUT2D eigenvalue weighted by Crippen LogP contribution is -2.41. The van der Waals surface area contributed by atoms with Gasteiger partial charge in [-0.2, -0.15) is 0 Å². The van der Waals surface area contributed by atoms with Crippen molar-refractivity contribution < 1.29 is 0 Å². The van der Waals surface area contributed by atoms with E-state index < -0.39 is 0 Å². The van der Waals surface area contributed by atoms with E-state index in [2.05, 4.69) is 47.0 Å². The van der Waals surface area contributed by atoms with Gasteiger partial charge in [-0.15, -0.1) is 0 Å². The number of piperidine rings is 1. The normalized spacial score (nSPS) is 18.5. The third kappa shape index (κ3) is 4.16. The van der Waals surface area contributed by atoms with Gasteiger partial charge in [-0.25, -0.2) is 9.97 Å². The van der Waals surface area contributed by atoms with Gasteiger partial charge in [0, 0.05) is 24.3 Å². The van der Waals surface area contributed by atoms with Crippen molar-refractivity contribution in [3.63, 3.8) is 0 Å². The van der Waals surface area contributed by atoms with Crippen LogP contribution in [0.3, 0.4) is 0 Å². The van der Waals surface area contributed by atoms with Crippen LogP contribution in [0.25, 0.3) is 0 Å². The lowest BCUT2D eigenvalue weighted by atomic mass is 10.1. The monoisotopic (exact) mass is 262 g/mol. The van der Waals surface area contributed by atoms with E-state index in [-0.39, 0.29) is 0 Å². The maximum absolute atomic E-state index is 4.30. The van der Waals surface area contributed by atoms with Gasteiger partial charge in [0.05, 0.1) is 0 Å². The zero-order valence-corrected chi connectivity index (χ0v) is 12.4. The van der Waals surface area contributed by atoms with Crippen molar-refractivity contribution in [2.75, 3.05) is 25.0 Å². The topological polar surface area (TPSA) is 41.0 Å². The molecule has 106 valence electrons. The van der Waals surface area contributed by atoms with Gasteiger partial charge in [-0.05, 0) is 38.8 Å². The summed E-state index contributed by atoms with van der Waals surface area (Å²) in [6.07, 6.45) is 5.73. The number of nitrogens with one attached hydrogen (secondary N) is 1. The van der Waals surface area contributed by atoms with Crippen LogP contribution < -0.4 is 5.32 Å². The van der Waals surface area contributed by atoms with E-state index in [0.717, 1.165) is 18.1 Å². The van der Waals surface area contributed by atoms with Gasteiger partial charge in [0.25, 0.3) is 0 Å². The summed E-state index contributed by atoms with van der Waals surface area (Å²) in [7, 11) is 0. The number of hydrogen-bond acceptors (Lipinski definition) is 4. The molecule has 1 aliphatic rings. The molecule has 4 heteroatoms. The summed E-state index contributed by atoms with van der Waals surface area (Å²) in [6.45, 7) is 10.0. The van der Waals surface area contributed by atoms with Gasteiger partial charge in [0.15, 0.2) is 0 Å². The summed E-state index contributed by atoms with van der Waals surface area (Å²) >= 11 is 0. The Labute approximate surface area is 116 Å². The lowest BCUT2D eigenvalue weighted by Gasteiger charge is -2.32. The minimum atomic E-state index is 0.447. The van der Waals surface area contributed by atoms with Crippen molar-refractivity contribution in [1.29, 1.82) is 0 Å². The molecular weight excluding hydrogens is 236 g/mol. The van der Waals surface area contributed by atoms with E-state index in [1.165, 1.54) is 32.4 Å². The fraction of sp³-hybridized carbons (Fsp3) is 0.733. The number of nitrogens with zero attached hydrogens (tertiary/aromatic N) is 3. The van der Waals surface area contributed by atoms with Crippen molar-refractivity contribution in [2.45, 2.75) is 52.0 Å². The van der Waals surface area contributed by atoms with E-state index in [9.17, 15) is 0 Å². The molecule has 1 N–H and O–H groups in total. The Morgan fingerprint density at radius 1 is 1.16 bits per heavy atom. The first kappa shape index (κ1) is 14.3. The van der Waals surface area contributed by atoms with E-state index in [4.69, 9.17) is 0 Å². The first-order valence-electron chi connectivity index (χ1n) is 7.46. The second-order valence-electron chi connectivity index (χ2n) is 5.81. The predicted molar refractivity (Wildman–Crippen MR) is 79.5 cm³/mol. The molecule has 0 radical (unpaired) electrons. The lowest BCUT2D eigenvalue weighted by molar-refractivity contribution is 0.180. The SMILES string of the molecule is CC(C)c1cc(NCC(C)N2CCCCC2)ncn1. The number of aromatic nitrogens is 2. The number of anilines is 1. The Kier molecular flexibility index (Phi) is 5.14. The Bertz CT molecular complexity index is 385. The summed E-state index contributed by atoms with van der Waals surface area (Å²) in [5.41, 5.74) is 1.10. The molecule has 2 rings (SSSR count). The molecule has 4 nitrogen and oxygen atoms in total. The summed E-state index contributed by atoms with van der Waals surface area (Å²) in [6, 6.07) is 2.63. The smallest absolute Gasteiger partial charge is 0.129 e. The fourth-order valence-electron chi connectivity index (χ4n) is 2.53. The molecule has 0 spiro atoms. The van der Waals surface area contributed by atoms with E-state index in [1.54, 1.807) is 6.33 Å². The van der Waals surface area contributed by atoms with Gasteiger partial charge in [-0.1, -0.05) is 20.3 Å². The van der Waals surface area contributed by atoms with Crippen LogP contribution in [0.4, 0.5) is 5.82 Å². The third-order valence-electron chi connectivity index (χ3n) is 3.87. The molecule has 0 aliphatic carbocycles. The van der Waals surface area contributed by atoms with Crippen LogP contribution in [0.5, 0.6) is 0 Å². The highest BCUT2D eigenvalue weighted by Crippen LogP contribution is 2.15. The average Bonchev–Trinajstić information content (AvgIpc) is 2.46. The standard InChI is InChI=1S/C15H26N4/c1-12(2)14-9-15(18-11-17-14)16-10-13(3)19-7-5-4-6-8-19/h9,11-13H,4-8,10H2,1-3H3,(H,16,17,18). The van der Waals surface area contributed by atoms with Crippen molar-refractivity contribution in [3.05, 3.63) is 18.1 Å². The summed E-state index contributed by atoms with van der Waals surface area (Å²) < 4.78 is 0. The first-order valence-corrected chi connectivity index (χ1v) is 7.46. The molecule has 1 aromatic rings. The van der Waals surface area contributed by atoms with Gasteiger partial charge in [0.2, 0.25) is 0 Å². The molecule has 1 aliphatic heterocycles. The molecule has 1 unspecified atom stereocenters. The van der Waals surface area contributed by atoms with Gasteiger partial charge >= 0.3 is 0 Å². The van der Waals surface area contributed by atoms with E-state index in [0.29, 0.717) is 12.0 Å². The fourth-order valence-corrected chi connectivity index (χ4v) is 2.53. The molecule has 19 heavy (non-hydrogen) atoms. The van der Waals surface area contributed by atoms with E-state index >= 15 is 0 Å². The quantitative estimate of drug-likeness (QED) is 0.886. The first-order chi connectivity index (χ1) is 9.16. The molecule has 1 aromatic heterocycles. The predicted octanol–water partition coefficient (Wildman–Crippen LogP) is 2.89. The molecule has 0 amide bonds. The molecule has 0 saturated carbocycles. The Morgan fingerprint density at radius 3 is 2.58 bits per heavy atom. The number of hydrogen-bond donors (Lipinski definition) is 1. The molecule has 0 aromatic carbocycles. The van der Waals surface area contributed by atoms with Gasteiger partial charge < -0.3 is 5.32 Å². The van der Waals surface area contributed by atoms with Crippen molar-refractivity contribution in [3.8, 4) is 0 Å². The third-order valence-corrected chi connectivity index (χ3v) is 3.87. The van der Waals surface area contributed by atoms with Crippen LogP contribution in [0.15, 0.2) is 12.4 Å². The maximum atomic E-state index is 4.30. The van der Waals surface area contributed by atoms with Crippen LogP contribution >= 0.6 is 0 Å². The highest BCUT2D eigenvalue weighted by atomic mass is 15.2. The maximum Gasteiger partial charge on any atom is 0.129 e. The van der Waals surface area contributed by atoms with Crippen LogP contribution in [-0.4, -0.2) is 40.5 Å². The molecule has 1 atom stereocenters. The largest absolute Gasteiger partial charge is 0.368 e. The molecular formula is C15H26N4. The van der Waals surface area contributed by atoms with Crippen molar-refractivity contribution in [2.24, 2.45) is 0 Å². The van der Waals surface area contributed by atoms with Crippen LogP contribution in [-0.2, 0) is 0 Å². The van der Waals surface area contributed by atoms with Crippen LogP contribution in [0.2, 0.25) is 0 Å². The highest BCUT2D eigenvalue weighted by molar-refractivity contribution is 5.35. The molecule has 1 saturated heterocycles. The summed E-state index contributed by atoms with van der Waals surface area (Å²) in [5, 5.41) is 3.44. The minimum absolute atomic E-state index is 0.447. The second-order valence-corrected chi connectivity index (χ2v) is 5.81. The molecule has 1 fully saturated rings. The summed E-state index contributed by atoms with van der Waals surface area (Å²) in [5.74, 6) is 1.39. The molecule has 2 heterocycles. The zero-order chi connectivity index (χ0) is 13.7.